The van der Waals surface area contributed by atoms with Gasteiger partial charge in [0.15, 0.2) is 0 Å². The Hall–Kier alpha value is -2.87. The minimum Gasteiger partial charge on any atom is -0.324 e. The van der Waals surface area contributed by atoms with E-state index < -0.39 is 5.54 Å². The van der Waals surface area contributed by atoms with E-state index >= 15 is 0 Å². The summed E-state index contributed by atoms with van der Waals surface area (Å²) in [5, 5.41) is 11.5. The summed E-state index contributed by atoms with van der Waals surface area (Å²) in [7, 11) is 0. The van der Waals surface area contributed by atoms with Crippen molar-refractivity contribution < 1.29 is 4.79 Å². The van der Waals surface area contributed by atoms with Gasteiger partial charge in [0, 0.05) is 18.0 Å². The highest BCUT2D eigenvalue weighted by atomic mass is 16.2. The molecule has 0 atom stereocenters. The largest absolute Gasteiger partial charge is 0.324 e. The van der Waals surface area contributed by atoms with Gasteiger partial charge < -0.3 is 9.88 Å². The first kappa shape index (κ1) is 15.5. The molecular weight excluding hydrogens is 278 g/mol. The molecule has 0 spiro atoms. The van der Waals surface area contributed by atoms with E-state index in [1.807, 2.05) is 13.0 Å². The fourth-order valence-corrected chi connectivity index (χ4v) is 2.05. The number of amides is 1. The van der Waals surface area contributed by atoms with Crippen LogP contribution in [-0.4, -0.2) is 10.5 Å². The summed E-state index contributed by atoms with van der Waals surface area (Å²) in [6.45, 7) is 5.24. The van der Waals surface area contributed by atoms with Crippen molar-refractivity contribution in [2.24, 2.45) is 0 Å². The number of anilines is 1. The van der Waals surface area contributed by atoms with Crippen LogP contribution in [-0.2, 0) is 10.3 Å². The van der Waals surface area contributed by atoms with Crippen LogP contribution >= 0.6 is 0 Å². The van der Waals surface area contributed by atoms with Gasteiger partial charge in [0.2, 0.25) is 5.91 Å². The number of nitrogens with one attached hydrogen (secondary N) is 1. The lowest BCUT2D eigenvalue weighted by Crippen LogP contribution is -2.45. The van der Waals surface area contributed by atoms with E-state index in [0.717, 1.165) is 5.56 Å². The van der Waals surface area contributed by atoms with Crippen molar-refractivity contribution in [3.63, 3.8) is 0 Å². The van der Waals surface area contributed by atoms with Crippen LogP contribution in [0.15, 0.2) is 47.4 Å². The number of nitrogens with zero attached hydrogens (tertiary/aromatic N) is 2. The molecule has 0 bridgehead atoms. The molecule has 0 aliphatic heterocycles. The second-order valence-corrected chi connectivity index (χ2v) is 5.62. The molecule has 5 heteroatoms. The molecule has 22 heavy (non-hydrogen) atoms. The Morgan fingerprint density at radius 3 is 2.41 bits per heavy atom. The van der Waals surface area contributed by atoms with E-state index in [1.165, 1.54) is 10.6 Å². The van der Waals surface area contributed by atoms with Crippen molar-refractivity contribution in [1.82, 2.24) is 4.57 Å². The topological polar surface area (TPSA) is 74.9 Å². The summed E-state index contributed by atoms with van der Waals surface area (Å²) in [4.78, 5) is 24.5. The van der Waals surface area contributed by atoms with Crippen molar-refractivity contribution in [3.8, 4) is 6.07 Å². The van der Waals surface area contributed by atoms with Crippen LogP contribution in [0, 0.1) is 18.3 Å². The zero-order chi connectivity index (χ0) is 16.3. The van der Waals surface area contributed by atoms with Crippen LogP contribution < -0.4 is 10.9 Å². The minimum absolute atomic E-state index is 0.231. The Morgan fingerprint density at radius 2 is 1.82 bits per heavy atom. The molecule has 0 saturated carbocycles. The SMILES string of the molecule is Cc1ccc(=O)n(C(C)(C)C(=O)Nc2ccc(C#N)cc2)c1. The Kier molecular flexibility index (Phi) is 4.13. The Morgan fingerprint density at radius 1 is 1.18 bits per heavy atom. The zero-order valence-electron chi connectivity index (χ0n) is 12.8. The predicted molar refractivity (Wildman–Crippen MR) is 84.5 cm³/mol. The lowest BCUT2D eigenvalue weighted by molar-refractivity contribution is -0.123. The fraction of sp³-hybridized carbons (Fsp3) is 0.235. The number of nitriles is 1. The second kappa shape index (κ2) is 5.86. The van der Waals surface area contributed by atoms with Gasteiger partial charge in [0.05, 0.1) is 11.6 Å². The molecule has 5 nitrogen and oxygen atoms in total. The lowest BCUT2D eigenvalue weighted by Gasteiger charge is -2.26. The monoisotopic (exact) mass is 295 g/mol. The molecule has 2 aromatic rings. The molecule has 1 amide bonds. The molecule has 1 aromatic carbocycles. The number of carbonyl (C=O) groups excluding carboxylic acids is 1. The number of hydrogen-bond donors (Lipinski definition) is 1. The summed E-state index contributed by atoms with van der Waals surface area (Å²) in [5.74, 6) is -0.301. The van der Waals surface area contributed by atoms with Gasteiger partial charge in [-0.2, -0.15) is 5.26 Å². The van der Waals surface area contributed by atoms with E-state index in [9.17, 15) is 9.59 Å². The van der Waals surface area contributed by atoms with E-state index in [4.69, 9.17) is 5.26 Å². The Balaban J connectivity index is 2.28. The first-order chi connectivity index (χ1) is 10.3. The van der Waals surface area contributed by atoms with Gasteiger partial charge in [-0.15, -0.1) is 0 Å². The van der Waals surface area contributed by atoms with Crippen molar-refractivity contribution in [2.75, 3.05) is 5.32 Å². The average molecular weight is 295 g/mol. The number of aromatic nitrogens is 1. The molecule has 2 rings (SSSR count). The maximum atomic E-state index is 12.5. The Labute approximate surface area is 128 Å². The molecule has 1 aromatic heterocycles. The van der Waals surface area contributed by atoms with Crippen LogP contribution in [0.3, 0.4) is 0 Å². The highest BCUT2D eigenvalue weighted by molar-refractivity contribution is 5.96. The predicted octanol–water partition coefficient (Wildman–Crippen LogP) is 2.40. The van der Waals surface area contributed by atoms with Crippen molar-refractivity contribution in [3.05, 3.63) is 64.1 Å². The molecule has 0 aliphatic rings. The number of carbonyl (C=O) groups is 1. The number of benzene rings is 1. The smallest absolute Gasteiger partial charge is 0.251 e. The standard InChI is InChI=1S/C17H17N3O2/c1-12-4-9-15(21)20(11-12)17(2,3)16(22)19-14-7-5-13(10-18)6-8-14/h4-9,11H,1-3H3,(H,19,22). The van der Waals surface area contributed by atoms with Crippen LogP contribution in [0.25, 0.3) is 0 Å². The summed E-state index contributed by atoms with van der Waals surface area (Å²) >= 11 is 0. The normalized spacial score (nSPS) is 10.8. The van der Waals surface area contributed by atoms with Crippen LogP contribution in [0.5, 0.6) is 0 Å². The number of aryl methyl sites for hydroxylation is 1. The lowest BCUT2D eigenvalue weighted by atomic mass is 10.0. The third kappa shape index (κ3) is 3.07. The average Bonchev–Trinajstić information content (AvgIpc) is 2.50. The quantitative estimate of drug-likeness (QED) is 0.944. The van der Waals surface area contributed by atoms with Crippen LogP contribution in [0.4, 0.5) is 5.69 Å². The molecule has 0 fully saturated rings. The maximum absolute atomic E-state index is 12.5. The summed E-state index contributed by atoms with van der Waals surface area (Å²) in [6, 6.07) is 11.8. The van der Waals surface area contributed by atoms with Crippen LogP contribution in [0.2, 0.25) is 0 Å². The van der Waals surface area contributed by atoms with Crippen molar-refractivity contribution >= 4 is 11.6 Å². The molecule has 1 N–H and O–H groups in total. The minimum atomic E-state index is -1.03. The molecule has 0 aliphatic carbocycles. The van der Waals surface area contributed by atoms with E-state index in [2.05, 4.69) is 5.32 Å². The van der Waals surface area contributed by atoms with Crippen LogP contribution in [0.1, 0.15) is 25.0 Å². The highest BCUT2D eigenvalue weighted by Gasteiger charge is 2.30. The van der Waals surface area contributed by atoms with Gasteiger partial charge in [0.25, 0.3) is 5.56 Å². The summed E-state index contributed by atoms with van der Waals surface area (Å²) in [6.07, 6.45) is 1.67. The van der Waals surface area contributed by atoms with Gasteiger partial charge in [-0.05, 0) is 50.6 Å². The summed E-state index contributed by atoms with van der Waals surface area (Å²) in [5.41, 5.74) is 0.742. The first-order valence-electron chi connectivity index (χ1n) is 6.86. The van der Waals surface area contributed by atoms with Gasteiger partial charge in [0.1, 0.15) is 5.54 Å². The molecule has 0 radical (unpaired) electrons. The van der Waals surface area contributed by atoms with Gasteiger partial charge >= 0.3 is 0 Å². The van der Waals surface area contributed by atoms with Crippen molar-refractivity contribution in [2.45, 2.75) is 26.3 Å². The van der Waals surface area contributed by atoms with Gasteiger partial charge in [-0.25, -0.2) is 0 Å². The highest BCUT2D eigenvalue weighted by Crippen LogP contribution is 2.17. The number of pyridine rings is 1. The number of rotatable bonds is 3. The molecule has 1 heterocycles. The fourth-order valence-electron chi connectivity index (χ4n) is 2.05. The second-order valence-electron chi connectivity index (χ2n) is 5.62. The van der Waals surface area contributed by atoms with Gasteiger partial charge in [-0.1, -0.05) is 6.07 Å². The van der Waals surface area contributed by atoms with Gasteiger partial charge in [-0.3, -0.25) is 9.59 Å². The first-order valence-corrected chi connectivity index (χ1v) is 6.86. The molecule has 0 saturated heterocycles. The molecule has 0 unspecified atom stereocenters. The van der Waals surface area contributed by atoms with Crippen molar-refractivity contribution in [1.29, 1.82) is 5.26 Å². The molecular formula is C17H17N3O2. The third-order valence-electron chi connectivity index (χ3n) is 3.49. The van der Waals surface area contributed by atoms with E-state index in [1.54, 1.807) is 50.4 Å². The van der Waals surface area contributed by atoms with E-state index in [-0.39, 0.29) is 11.5 Å². The maximum Gasteiger partial charge on any atom is 0.251 e. The summed E-state index contributed by atoms with van der Waals surface area (Å²) < 4.78 is 1.42. The zero-order valence-corrected chi connectivity index (χ0v) is 12.8. The number of hydrogen-bond acceptors (Lipinski definition) is 3. The third-order valence-corrected chi connectivity index (χ3v) is 3.49. The molecule has 112 valence electrons. The van der Waals surface area contributed by atoms with E-state index in [0.29, 0.717) is 11.3 Å². The Bertz CT molecular complexity index is 796.